The van der Waals surface area contributed by atoms with Crippen LogP contribution in [0.3, 0.4) is 0 Å². The van der Waals surface area contributed by atoms with E-state index in [2.05, 4.69) is 20.9 Å². The highest BCUT2D eigenvalue weighted by molar-refractivity contribution is 9.10. The number of nitrogens with zero attached hydrogens (tertiary/aromatic N) is 2. The summed E-state index contributed by atoms with van der Waals surface area (Å²) >= 11 is 9.07. The highest BCUT2D eigenvalue weighted by Gasteiger charge is 2.16. The molecule has 0 aromatic carbocycles. The zero-order chi connectivity index (χ0) is 10.7. The van der Waals surface area contributed by atoms with Crippen molar-refractivity contribution in [3.63, 3.8) is 0 Å². The Morgan fingerprint density at radius 3 is 2.93 bits per heavy atom. The number of pyridine rings is 1. The molecule has 1 heterocycles. The number of aromatic nitrogens is 1. The summed E-state index contributed by atoms with van der Waals surface area (Å²) in [7, 11) is 0. The lowest BCUT2D eigenvalue weighted by Gasteiger charge is -2.05. The average Bonchev–Trinajstić information content (AvgIpc) is 2.09. The van der Waals surface area contributed by atoms with Crippen LogP contribution >= 0.6 is 27.5 Å². The molecule has 0 radical (unpaired) electrons. The fourth-order valence-corrected chi connectivity index (χ4v) is 1.65. The smallest absolute Gasteiger partial charge is 0.215 e. The van der Waals surface area contributed by atoms with E-state index in [0.29, 0.717) is 10.7 Å². The van der Waals surface area contributed by atoms with E-state index < -0.39 is 6.04 Å². The van der Waals surface area contributed by atoms with Gasteiger partial charge in [0.2, 0.25) is 6.04 Å². The van der Waals surface area contributed by atoms with Crippen LogP contribution < -0.4 is 0 Å². The van der Waals surface area contributed by atoms with E-state index in [-0.39, 0.29) is 11.3 Å². The predicted octanol–water partition coefficient (Wildman–Crippen LogP) is 2.71. The van der Waals surface area contributed by atoms with Gasteiger partial charge in [-0.25, -0.2) is 0 Å². The SMILES string of the molecule is CC(Cc1ncc(Br)cc1Cl)[N+](=O)[O-]. The Balaban J connectivity index is 2.82. The minimum Gasteiger partial charge on any atom is -0.264 e. The molecule has 0 saturated carbocycles. The van der Waals surface area contributed by atoms with Crippen LogP contribution in [-0.4, -0.2) is 15.9 Å². The van der Waals surface area contributed by atoms with Gasteiger partial charge in [-0.15, -0.1) is 0 Å². The van der Waals surface area contributed by atoms with Crippen molar-refractivity contribution in [2.75, 3.05) is 0 Å². The van der Waals surface area contributed by atoms with Crippen molar-refractivity contribution in [3.05, 3.63) is 37.6 Å². The van der Waals surface area contributed by atoms with Gasteiger partial charge < -0.3 is 0 Å². The van der Waals surface area contributed by atoms with Gasteiger partial charge in [-0.2, -0.15) is 0 Å². The fraction of sp³-hybridized carbons (Fsp3) is 0.375. The number of hydrogen-bond donors (Lipinski definition) is 0. The normalized spacial score (nSPS) is 12.5. The fourth-order valence-electron chi connectivity index (χ4n) is 0.947. The van der Waals surface area contributed by atoms with Crippen LogP contribution in [0, 0.1) is 10.1 Å². The molecule has 0 saturated heterocycles. The second kappa shape index (κ2) is 4.70. The van der Waals surface area contributed by atoms with E-state index in [1.54, 1.807) is 12.3 Å². The van der Waals surface area contributed by atoms with Crippen molar-refractivity contribution < 1.29 is 4.92 Å². The highest BCUT2D eigenvalue weighted by atomic mass is 79.9. The first-order chi connectivity index (χ1) is 6.50. The standard InChI is InChI=1S/C8H8BrClN2O2/c1-5(12(13)14)2-8-7(10)3-6(9)4-11-8/h3-5H,2H2,1H3. The van der Waals surface area contributed by atoms with Crippen molar-refractivity contribution in [2.24, 2.45) is 0 Å². The lowest BCUT2D eigenvalue weighted by Crippen LogP contribution is -2.18. The van der Waals surface area contributed by atoms with Crippen LogP contribution in [0.25, 0.3) is 0 Å². The van der Waals surface area contributed by atoms with Crippen LogP contribution in [0.5, 0.6) is 0 Å². The maximum Gasteiger partial charge on any atom is 0.215 e. The van der Waals surface area contributed by atoms with Crippen molar-refractivity contribution in [1.29, 1.82) is 0 Å². The molecule has 1 aromatic rings. The zero-order valence-corrected chi connectivity index (χ0v) is 9.75. The summed E-state index contributed by atoms with van der Waals surface area (Å²) in [6.07, 6.45) is 1.83. The van der Waals surface area contributed by atoms with Gasteiger partial charge in [0.15, 0.2) is 0 Å². The van der Waals surface area contributed by atoms with Gasteiger partial charge in [-0.1, -0.05) is 11.6 Å². The van der Waals surface area contributed by atoms with E-state index >= 15 is 0 Å². The maximum absolute atomic E-state index is 10.4. The molecular formula is C8H8BrClN2O2. The monoisotopic (exact) mass is 278 g/mol. The minimum atomic E-state index is -0.666. The molecule has 0 fully saturated rings. The molecule has 0 aliphatic rings. The molecule has 0 aliphatic heterocycles. The number of rotatable bonds is 3. The molecule has 14 heavy (non-hydrogen) atoms. The van der Waals surface area contributed by atoms with Crippen LogP contribution in [-0.2, 0) is 6.42 Å². The summed E-state index contributed by atoms with van der Waals surface area (Å²) < 4.78 is 0.764. The molecule has 1 atom stereocenters. The van der Waals surface area contributed by atoms with E-state index in [9.17, 15) is 10.1 Å². The molecule has 1 unspecified atom stereocenters. The number of nitro groups is 1. The predicted molar refractivity (Wildman–Crippen MR) is 57.1 cm³/mol. The van der Waals surface area contributed by atoms with Gasteiger partial charge in [0, 0.05) is 22.5 Å². The Bertz CT molecular complexity index is 359. The van der Waals surface area contributed by atoms with E-state index in [0.717, 1.165) is 4.47 Å². The van der Waals surface area contributed by atoms with Gasteiger partial charge in [0.1, 0.15) is 0 Å². The second-order valence-corrected chi connectivity index (χ2v) is 4.24. The Hall–Kier alpha value is -0.680. The minimum absolute atomic E-state index is 0.249. The van der Waals surface area contributed by atoms with Crippen molar-refractivity contribution in [3.8, 4) is 0 Å². The third-order valence-corrected chi connectivity index (χ3v) is 2.49. The van der Waals surface area contributed by atoms with Gasteiger partial charge in [0.05, 0.1) is 17.1 Å². The van der Waals surface area contributed by atoms with Gasteiger partial charge in [0.25, 0.3) is 0 Å². The molecular weight excluding hydrogens is 271 g/mol. The molecule has 0 amide bonds. The molecule has 0 spiro atoms. The van der Waals surface area contributed by atoms with Gasteiger partial charge in [-0.3, -0.25) is 15.1 Å². The Morgan fingerprint density at radius 2 is 2.43 bits per heavy atom. The first-order valence-corrected chi connectivity index (χ1v) is 5.11. The summed E-state index contributed by atoms with van der Waals surface area (Å²) in [6, 6.07) is 1.01. The van der Waals surface area contributed by atoms with E-state index in [4.69, 9.17) is 11.6 Å². The van der Waals surface area contributed by atoms with Crippen LogP contribution in [0.4, 0.5) is 0 Å². The quantitative estimate of drug-likeness (QED) is 0.631. The molecule has 0 N–H and O–H groups in total. The van der Waals surface area contributed by atoms with Crippen LogP contribution in [0.2, 0.25) is 5.02 Å². The Labute approximate surface area is 94.6 Å². The number of hydrogen-bond acceptors (Lipinski definition) is 3. The van der Waals surface area contributed by atoms with Crippen LogP contribution in [0.15, 0.2) is 16.7 Å². The van der Waals surface area contributed by atoms with Crippen molar-refractivity contribution >= 4 is 27.5 Å². The zero-order valence-electron chi connectivity index (χ0n) is 7.41. The van der Waals surface area contributed by atoms with Crippen LogP contribution in [0.1, 0.15) is 12.6 Å². The Morgan fingerprint density at radius 1 is 1.79 bits per heavy atom. The molecule has 0 bridgehead atoms. The summed E-state index contributed by atoms with van der Waals surface area (Å²) in [5, 5.41) is 10.9. The number of halogens is 2. The molecule has 76 valence electrons. The molecule has 0 aliphatic carbocycles. The van der Waals surface area contributed by atoms with E-state index in [1.165, 1.54) is 6.92 Å². The lowest BCUT2D eigenvalue weighted by atomic mass is 10.2. The van der Waals surface area contributed by atoms with Gasteiger partial charge >= 0.3 is 0 Å². The van der Waals surface area contributed by atoms with Crippen molar-refractivity contribution in [1.82, 2.24) is 4.98 Å². The average molecular weight is 280 g/mol. The largest absolute Gasteiger partial charge is 0.264 e. The summed E-state index contributed by atoms with van der Waals surface area (Å²) in [5.74, 6) is 0. The first kappa shape index (κ1) is 11.4. The Kier molecular flexibility index (Phi) is 3.83. The summed E-state index contributed by atoms with van der Waals surface area (Å²) in [5.41, 5.74) is 0.555. The lowest BCUT2D eigenvalue weighted by molar-refractivity contribution is -0.517. The first-order valence-electron chi connectivity index (χ1n) is 3.94. The maximum atomic E-state index is 10.4. The highest BCUT2D eigenvalue weighted by Crippen LogP contribution is 2.20. The third-order valence-electron chi connectivity index (χ3n) is 1.73. The summed E-state index contributed by atoms with van der Waals surface area (Å²) in [4.78, 5) is 14.1. The topological polar surface area (TPSA) is 56.0 Å². The van der Waals surface area contributed by atoms with E-state index in [1.807, 2.05) is 0 Å². The summed E-state index contributed by atoms with van der Waals surface area (Å²) in [6.45, 7) is 1.53. The molecule has 1 rings (SSSR count). The van der Waals surface area contributed by atoms with Gasteiger partial charge in [-0.05, 0) is 22.0 Å². The van der Waals surface area contributed by atoms with Crippen molar-refractivity contribution in [2.45, 2.75) is 19.4 Å². The molecule has 1 aromatic heterocycles. The molecule has 4 nitrogen and oxygen atoms in total. The second-order valence-electron chi connectivity index (χ2n) is 2.92. The third kappa shape index (κ3) is 2.92. The molecule has 6 heteroatoms.